The standard InChI is InChI=1S/C18H16ClNO3S/c19-14-3-1-2-12(10-14)8-9-23-15-6-4-13(5-7-15)11-16-17(21)20-18(22)24-16/h1-7,10,16H,8-9,11H2,(H,20,21,22). The first-order valence-electron chi connectivity index (χ1n) is 7.58. The molecule has 0 bridgehead atoms. The predicted molar refractivity (Wildman–Crippen MR) is 95.7 cm³/mol. The summed E-state index contributed by atoms with van der Waals surface area (Å²) in [5, 5.41) is 2.41. The molecule has 1 saturated heterocycles. The van der Waals surface area contributed by atoms with Crippen LogP contribution in [0.25, 0.3) is 0 Å². The molecule has 1 atom stereocenters. The van der Waals surface area contributed by atoms with Crippen molar-refractivity contribution in [2.75, 3.05) is 6.61 Å². The van der Waals surface area contributed by atoms with Crippen LogP contribution in [0.4, 0.5) is 4.79 Å². The van der Waals surface area contributed by atoms with E-state index in [-0.39, 0.29) is 16.4 Å². The van der Waals surface area contributed by atoms with Crippen molar-refractivity contribution in [1.29, 1.82) is 0 Å². The molecule has 2 amide bonds. The van der Waals surface area contributed by atoms with Gasteiger partial charge in [0.25, 0.3) is 5.24 Å². The lowest BCUT2D eigenvalue weighted by Gasteiger charge is -2.09. The van der Waals surface area contributed by atoms with E-state index in [1.54, 1.807) is 0 Å². The smallest absolute Gasteiger partial charge is 0.286 e. The van der Waals surface area contributed by atoms with Gasteiger partial charge in [0, 0.05) is 11.4 Å². The number of imide groups is 1. The minimum Gasteiger partial charge on any atom is -0.493 e. The lowest BCUT2D eigenvalue weighted by atomic mass is 10.1. The van der Waals surface area contributed by atoms with E-state index in [1.165, 1.54) is 0 Å². The highest BCUT2D eigenvalue weighted by atomic mass is 35.5. The molecule has 0 aliphatic carbocycles. The fourth-order valence-corrected chi connectivity index (χ4v) is 3.52. The molecule has 0 saturated carbocycles. The van der Waals surface area contributed by atoms with Crippen molar-refractivity contribution >= 4 is 34.5 Å². The summed E-state index contributed by atoms with van der Waals surface area (Å²) >= 11 is 7.00. The van der Waals surface area contributed by atoms with Crippen LogP contribution in [-0.2, 0) is 17.6 Å². The Morgan fingerprint density at radius 3 is 2.54 bits per heavy atom. The molecule has 1 aliphatic rings. The van der Waals surface area contributed by atoms with Gasteiger partial charge in [0.1, 0.15) is 5.75 Å². The molecule has 3 rings (SSSR count). The van der Waals surface area contributed by atoms with Gasteiger partial charge in [0.05, 0.1) is 11.9 Å². The second-order valence-corrected chi connectivity index (χ2v) is 7.07. The molecule has 1 fully saturated rings. The van der Waals surface area contributed by atoms with Crippen LogP contribution in [-0.4, -0.2) is 23.0 Å². The Balaban J connectivity index is 1.49. The summed E-state index contributed by atoms with van der Waals surface area (Å²) in [7, 11) is 0. The van der Waals surface area contributed by atoms with Crippen molar-refractivity contribution in [1.82, 2.24) is 5.32 Å². The number of halogens is 1. The average molecular weight is 362 g/mol. The maximum Gasteiger partial charge on any atom is 0.286 e. The van der Waals surface area contributed by atoms with Crippen LogP contribution in [0.3, 0.4) is 0 Å². The van der Waals surface area contributed by atoms with Gasteiger partial charge < -0.3 is 4.74 Å². The monoisotopic (exact) mass is 361 g/mol. The highest BCUT2D eigenvalue weighted by Crippen LogP contribution is 2.24. The molecule has 0 spiro atoms. The van der Waals surface area contributed by atoms with Crippen molar-refractivity contribution in [3.8, 4) is 5.75 Å². The van der Waals surface area contributed by atoms with Crippen LogP contribution in [0.2, 0.25) is 5.02 Å². The summed E-state index contributed by atoms with van der Waals surface area (Å²) in [5.74, 6) is 0.562. The number of hydrogen-bond donors (Lipinski definition) is 1. The van der Waals surface area contributed by atoms with Gasteiger partial charge in [0.2, 0.25) is 5.91 Å². The molecule has 6 heteroatoms. The number of nitrogens with one attached hydrogen (secondary N) is 1. The number of benzene rings is 2. The maximum absolute atomic E-state index is 11.6. The molecule has 0 radical (unpaired) electrons. The second-order valence-electron chi connectivity index (χ2n) is 5.46. The Morgan fingerprint density at radius 1 is 1.08 bits per heavy atom. The molecule has 2 aromatic rings. The van der Waals surface area contributed by atoms with E-state index in [4.69, 9.17) is 16.3 Å². The molecule has 4 nitrogen and oxygen atoms in total. The van der Waals surface area contributed by atoms with Crippen LogP contribution < -0.4 is 10.1 Å². The van der Waals surface area contributed by atoms with Crippen LogP contribution >= 0.6 is 23.4 Å². The van der Waals surface area contributed by atoms with Crippen molar-refractivity contribution in [3.05, 3.63) is 64.7 Å². The largest absolute Gasteiger partial charge is 0.493 e. The third kappa shape index (κ3) is 4.52. The first-order chi connectivity index (χ1) is 11.6. The molecule has 2 aromatic carbocycles. The van der Waals surface area contributed by atoms with Crippen molar-refractivity contribution in [3.63, 3.8) is 0 Å². The third-order valence-corrected chi connectivity index (χ3v) is 4.88. The number of carbonyl (C=O) groups is 2. The second kappa shape index (κ2) is 7.73. The van der Waals surface area contributed by atoms with E-state index in [0.29, 0.717) is 13.0 Å². The molecule has 1 N–H and O–H groups in total. The average Bonchev–Trinajstić information content (AvgIpc) is 2.87. The SMILES string of the molecule is O=C1NC(=O)C(Cc2ccc(OCCc3cccc(Cl)c3)cc2)S1. The van der Waals surface area contributed by atoms with Crippen molar-refractivity contribution in [2.45, 2.75) is 18.1 Å². The minimum absolute atomic E-state index is 0.216. The zero-order chi connectivity index (χ0) is 16.9. The number of rotatable bonds is 6. The normalized spacial score (nSPS) is 17.0. The Hall–Kier alpha value is -1.98. The molecule has 1 heterocycles. The molecule has 24 heavy (non-hydrogen) atoms. The Kier molecular flexibility index (Phi) is 5.43. The van der Waals surface area contributed by atoms with E-state index in [2.05, 4.69) is 5.32 Å². The van der Waals surface area contributed by atoms with Gasteiger partial charge >= 0.3 is 0 Å². The van der Waals surface area contributed by atoms with E-state index < -0.39 is 0 Å². The number of hydrogen-bond acceptors (Lipinski definition) is 4. The topological polar surface area (TPSA) is 55.4 Å². The number of carbonyl (C=O) groups excluding carboxylic acids is 2. The lowest BCUT2D eigenvalue weighted by Crippen LogP contribution is -2.25. The minimum atomic E-state index is -0.341. The van der Waals surface area contributed by atoms with E-state index in [9.17, 15) is 9.59 Å². The summed E-state index contributed by atoms with van der Waals surface area (Å²) < 4.78 is 5.73. The molecule has 124 valence electrons. The highest BCUT2D eigenvalue weighted by Gasteiger charge is 2.31. The van der Waals surface area contributed by atoms with Gasteiger partial charge in [0.15, 0.2) is 0 Å². The number of amides is 2. The maximum atomic E-state index is 11.6. The zero-order valence-electron chi connectivity index (χ0n) is 12.8. The van der Waals surface area contributed by atoms with Gasteiger partial charge in [-0.3, -0.25) is 14.9 Å². The summed E-state index contributed by atoms with van der Waals surface area (Å²) in [6.07, 6.45) is 1.31. The fourth-order valence-electron chi connectivity index (χ4n) is 2.44. The van der Waals surface area contributed by atoms with Crippen LogP contribution in [0.15, 0.2) is 48.5 Å². The van der Waals surface area contributed by atoms with Crippen molar-refractivity contribution < 1.29 is 14.3 Å². The summed E-state index contributed by atoms with van der Waals surface area (Å²) in [6, 6.07) is 15.3. The molecular weight excluding hydrogens is 346 g/mol. The van der Waals surface area contributed by atoms with Crippen LogP contribution in [0, 0.1) is 0 Å². The van der Waals surface area contributed by atoms with Crippen LogP contribution in [0.5, 0.6) is 5.75 Å². The third-order valence-electron chi connectivity index (χ3n) is 3.66. The first-order valence-corrected chi connectivity index (χ1v) is 8.83. The summed E-state index contributed by atoms with van der Waals surface area (Å²) in [6.45, 7) is 0.565. The van der Waals surface area contributed by atoms with Gasteiger partial charge in [-0.2, -0.15) is 0 Å². The summed E-state index contributed by atoms with van der Waals surface area (Å²) in [5.41, 5.74) is 2.13. The summed E-state index contributed by atoms with van der Waals surface area (Å²) in [4.78, 5) is 22.7. The predicted octanol–water partition coefficient (Wildman–Crippen LogP) is 3.86. The highest BCUT2D eigenvalue weighted by molar-refractivity contribution is 8.15. The lowest BCUT2D eigenvalue weighted by molar-refractivity contribution is -0.118. The van der Waals surface area contributed by atoms with Gasteiger partial charge in [-0.15, -0.1) is 0 Å². The fraction of sp³-hybridized carbons (Fsp3) is 0.222. The van der Waals surface area contributed by atoms with E-state index in [0.717, 1.165) is 40.1 Å². The van der Waals surface area contributed by atoms with E-state index in [1.807, 2.05) is 48.5 Å². The Labute approximate surface area is 149 Å². The number of thioether (sulfide) groups is 1. The quantitative estimate of drug-likeness (QED) is 0.848. The van der Waals surface area contributed by atoms with Crippen molar-refractivity contribution in [2.24, 2.45) is 0 Å². The first kappa shape index (κ1) is 16.9. The van der Waals surface area contributed by atoms with Gasteiger partial charge in [-0.05, 0) is 41.8 Å². The van der Waals surface area contributed by atoms with E-state index >= 15 is 0 Å². The molecule has 1 aliphatic heterocycles. The molecule has 1 unspecified atom stereocenters. The molecular formula is C18H16ClNO3S. The Morgan fingerprint density at radius 2 is 1.88 bits per heavy atom. The van der Waals surface area contributed by atoms with Crippen LogP contribution in [0.1, 0.15) is 11.1 Å². The van der Waals surface area contributed by atoms with Gasteiger partial charge in [-0.25, -0.2) is 0 Å². The van der Waals surface area contributed by atoms with Gasteiger partial charge in [-0.1, -0.05) is 47.6 Å². The Bertz CT molecular complexity index is 748. The number of ether oxygens (including phenoxy) is 1. The zero-order valence-corrected chi connectivity index (χ0v) is 14.4. The molecule has 0 aromatic heterocycles.